The molecule has 0 spiro atoms. The Kier molecular flexibility index (Phi) is 2.41. The zero-order valence-electron chi connectivity index (χ0n) is 7.56. The SMILES string of the molecule is Cc1ccc(C2CC2CBr)cc1F. The average Bonchev–Trinajstić information content (AvgIpc) is 2.88. The largest absolute Gasteiger partial charge is 0.207 e. The van der Waals surface area contributed by atoms with Gasteiger partial charge in [-0.1, -0.05) is 28.1 Å². The fourth-order valence-corrected chi connectivity index (χ4v) is 2.38. The van der Waals surface area contributed by atoms with Crippen molar-refractivity contribution in [1.82, 2.24) is 0 Å². The van der Waals surface area contributed by atoms with Crippen LogP contribution in [0.4, 0.5) is 4.39 Å². The van der Waals surface area contributed by atoms with E-state index < -0.39 is 0 Å². The predicted octanol–water partition coefficient (Wildman–Crippen LogP) is 3.63. The van der Waals surface area contributed by atoms with Gasteiger partial charge in [0.25, 0.3) is 0 Å². The van der Waals surface area contributed by atoms with Crippen molar-refractivity contribution in [1.29, 1.82) is 0 Å². The summed E-state index contributed by atoms with van der Waals surface area (Å²) in [5, 5.41) is 1.03. The Morgan fingerprint density at radius 2 is 2.31 bits per heavy atom. The predicted molar refractivity (Wildman–Crippen MR) is 55.8 cm³/mol. The first-order valence-electron chi connectivity index (χ1n) is 4.54. The summed E-state index contributed by atoms with van der Waals surface area (Å²) in [6.07, 6.45) is 1.20. The molecule has 0 nitrogen and oxygen atoms in total. The molecule has 2 unspecified atom stereocenters. The normalized spacial score (nSPS) is 26.1. The molecule has 0 aromatic heterocycles. The lowest BCUT2D eigenvalue weighted by molar-refractivity contribution is 0.616. The maximum atomic E-state index is 13.2. The average molecular weight is 243 g/mol. The Labute approximate surface area is 86.3 Å². The van der Waals surface area contributed by atoms with Crippen molar-refractivity contribution in [2.24, 2.45) is 5.92 Å². The summed E-state index contributed by atoms with van der Waals surface area (Å²) in [7, 11) is 0. The molecule has 1 aromatic carbocycles. The highest BCUT2D eigenvalue weighted by Gasteiger charge is 2.37. The molecule has 2 atom stereocenters. The number of rotatable bonds is 2. The van der Waals surface area contributed by atoms with Gasteiger partial charge >= 0.3 is 0 Å². The quantitative estimate of drug-likeness (QED) is 0.696. The highest BCUT2D eigenvalue weighted by molar-refractivity contribution is 9.09. The Hall–Kier alpha value is -0.370. The number of halogens is 2. The third-order valence-corrected chi connectivity index (χ3v) is 3.58. The minimum absolute atomic E-state index is 0.0716. The number of hydrogen-bond acceptors (Lipinski definition) is 0. The first kappa shape index (κ1) is 9.20. The van der Waals surface area contributed by atoms with Gasteiger partial charge in [0.2, 0.25) is 0 Å². The molecule has 1 aliphatic carbocycles. The summed E-state index contributed by atoms with van der Waals surface area (Å²) in [5.41, 5.74) is 1.90. The van der Waals surface area contributed by atoms with Crippen LogP contribution in [0.1, 0.15) is 23.5 Å². The van der Waals surface area contributed by atoms with Crippen LogP contribution in [0.5, 0.6) is 0 Å². The molecule has 2 heteroatoms. The van der Waals surface area contributed by atoms with E-state index in [1.54, 1.807) is 13.0 Å². The second-order valence-corrected chi connectivity index (χ2v) is 4.41. The number of benzene rings is 1. The molecule has 13 heavy (non-hydrogen) atoms. The van der Waals surface area contributed by atoms with Crippen LogP contribution >= 0.6 is 15.9 Å². The van der Waals surface area contributed by atoms with E-state index in [1.807, 2.05) is 12.1 Å². The van der Waals surface area contributed by atoms with Gasteiger partial charge in [-0.05, 0) is 42.4 Å². The highest BCUT2D eigenvalue weighted by atomic mass is 79.9. The number of hydrogen-bond donors (Lipinski definition) is 0. The van der Waals surface area contributed by atoms with Crippen molar-refractivity contribution in [2.45, 2.75) is 19.3 Å². The summed E-state index contributed by atoms with van der Waals surface area (Å²) in [5.74, 6) is 1.24. The Morgan fingerprint density at radius 3 is 2.85 bits per heavy atom. The maximum Gasteiger partial charge on any atom is 0.126 e. The molecule has 1 fully saturated rings. The van der Waals surface area contributed by atoms with E-state index >= 15 is 0 Å². The summed E-state index contributed by atoms with van der Waals surface area (Å²) in [6, 6.07) is 5.60. The summed E-state index contributed by atoms with van der Waals surface area (Å²) >= 11 is 3.45. The van der Waals surface area contributed by atoms with Crippen LogP contribution in [-0.4, -0.2) is 5.33 Å². The van der Waals surface area contributed by atoms with Gasteiger partial charge in [0.15, 0.2) is 0 Å². The number of aryl methyl sites for hydroxylation is 1. The lowest BCUT2D eigenvalue weighted by Crippen LogP contribution is -1.88. The first-order chi connectivity index (χ1) is 6.22. The topological polar surface area (TPSA) is 0 Å². The standard InChI is InChI=1S/C11H12BrF/c1-7-2-3-8(5-11(7)13)10-4-9(10)6-12/h2-3,5,9-10H,4,6H2,1H3. The van der Waals surface area contributed by atoms with Crippen molar-refractivity contribution >= 4 is 15.9 Å². The molecule has 1 saturated carbocycles. The van der Waals surface area contributed by atoms with E-state index in [0.29, 0.717) is 5.92 Å². The zero-order chi connectivity index (χ0) is 9.42. The molecule has 0 radical (unpaired) electrons. The summed E-state index contributed by atoms with van der Waals surface area (Å²) < 4.78 is 13.2. The molecule has 0 heterocycles. The third-order valence-electron chi connectivity index (χ3n) is 2.74. The van der Waals surface area contributed by atoms with E-state index in [9.17, 15) is 4.39 Å². The van der Waals surface area contributed by atoms with Gasteiger partial charge in [-0.2, -0.15) is 0 Å². The monoisotopic (exact) mass is 242 g/mol. The lowest BCUT2D eigenvalue weighted by atomic mass is 10.1. The van der Waals surface area contributed by atoms with E-state index in [4.69, 9.17) is 0 Å². The second-order valence-electron chi connectivity index (χ2n) is 3.77. The van der Waals surface area contributed by atoms with Gasteiger partial charge in [0.1, 0.15) is 5.82 Å². The van der Waals surface area contributed by atoms with Gasteiger partial charge in [-0.25, -0.2) is 4.39 Å². The van der Waals surface area contributed by atoms with E-state index in [1.165, 1.54) is 6.42 Å². The molecule has 1 aromatic rings. The minimum atomic E-state index is -0.0716. The Balaban J connectivity index is 2.19. The molecule has 2 rings (SSSR count). The second kappa shape index (κ2) is 3.41. The molecule has 1 aliphatic rings. The highest BCUT2D eigenvalue weighted by Crippen LogP contribution is 2.48. The smallest absolute Gasteiger partial charge is 0.126 e. The maximum absolute atomic E-state index is 13.2. The van der Waals surface area contributed by atoms with Gasteiger partial charge < -0.3 is 0 Å². The van der Waals surface area contributed by atoms with Crippen molar-refractivity contribution in [3.63, 3.8) is 0 Å². The lowest BCUT2D eigenvalue weighted by Gasteiger charge is -2.01. The Morgan fingerprint density at radius 1 is 1.54 bits per heavy atom. The fourth-order valence-electron chi connectivity index (χ4n) is 1.67. The van der Waals surface area contributed by atoms with Crippen LogP contribution in [0, 0.1) is 18.7 Å². The van der Waals surface area contributed by atoms with Crippen molar-refractivity contribution in [3.8, 4) is 0 Å². The molecule has 0 N–H and O–H groups in total. The van der Waals surface area contributed by atoms with Crippen molar-refractivity contribution < 1.29 is 4.39 Å². The van der Waals surface area contributed by atoms with Crippen LogP contribution in [0.25, 0.3) is 0 Å². The molecule has 0 bridgehead atoms. The summed E-state index contributed by atoms with van der Waals surface area (Å²) in [6.45, 7) is 1.80. The van der Waals surface area contributed by atoms with Crippen molar-refractivity contribution in [2.75, 3.05) is 5.33 Å². The van der Waals surface area contributed by atoms with Crippen LogP contribution in [0.15, 0.2) is 18.2 Å². The minimum Gasteiger partial charge on any atom is -0.207 e. The fraction of sp³-hybridized carbons (Fsp3) is 0.455. The zero-order valence-corrected chi connectivity index (χ0v) is 9.14. The third kappa shape index (κ3) is 1.78. The molecule has 0 amide bonds. The van der Waals surface area contributed by atoms with Crippen LogP contribution < -0.4 is 0 Å². The molecular formula is C11H12BrF. The van der Waals surface area contributed by atoms with Gasteiger partial charge in [-0.15, -0.1) is 0 Å². The van der Waals surface area contributed by atoms with E-state index in [0.717, 1.165) is 22.4 Å². The van der Waals surface area contributed by atoms with Gasteiger partial charge in [0, 0.05) is 5.33 Å². The van der Waals surface area contributed by atoms with Crippen LogP contribution in [-0.2, 0) is 0 Å². The van der Waals surface area contributed by atoms with Crippen LogP contribution in [0.2, 0.25) is 0 Å². The molecular weight excluding hydrogens is 231 g/mol. The van der Waals surface area contributed by atoms with Gasteiger partial charge in [0.05, 0.1) is 0 Å². The summed E-state index contributed by atoms with van der Waals surface area (Å²) in [4.78, 5) is 0. The van der Waals surface area contributed by atoms with Crippen LogP contribution in [0.3, 0.4) is 0 Å². The van der Waals surface area contributed by atoms with Gasteiger partial charge in [-0.3, -0.25) is 0 Å². The van der Waals surface area contributed by atoms with E-state index in [-0.39, 0.29) is 5.82 Å². The molecule has 70 valence electrons. The van der Waals surface area contributed by atoms with E-state index in [2.05, 4.69) is 15.9 Å². The molecule has 0 saturated heterocycles. The Bertz CT molecular complexity index is 322. The number of alkyl halides is 1. The molecule has 0 aliphatic heterocycles. The van der Waals surface area contributed by atoms with Crippen molar-refractivity contribution in [3.05, 3.63) is 35.1 Å². The first-order valence-corrected chi connectivity index (χ1v) is 5.66.